The van der Waals surface area contributed by atoms with E-state index in [1.807, 2.05) is 0 Å². The molecule has 0 aliphatic heterocycles. The van der Waals surface area contributed by atoms with Crippen LogP contribution in [0.25, 0.3) is 0 Å². The van der Waals surface area contributed by atoms with Gasteiger partial charge in [0.25, 0.3) is 0 Å². The molecule has 1 aliphatic carbocycles. The van der Waals surface area contributed by atoms with Gasteiger partial charge < -0.3 is 5.32 Å². The summed E-state index contributed by atoms with van der Waals surface area (Å²) in [5.74, 6) is 0.152. The van der Waals surface area contributed by atoms with Gasteiger partial charge in [0, 0.05) is 30.7 Å². The van der Waals surface area contributed by atoms with Crippen molar-refractivity contribution in [1.82, 2.24) is 15.3 Å². The molecule has 0 amide bonds. The second-order valence-corrected chi connectivity index (χ2v) is 4.29. The van der Waals surface area contributed by atoms with Gasteiger partial charge in [0.15, 0.2) is 0 Å². The summed E-state index contributed by atoms with van der Waals surface area (Å²) in [7, 11) is 0. The highest BCUT2D eigenvalue weighted by Gasteiger charge is 2.28. The van der Waals surface area contributed by atoms with E-state index in [0.29, 0.717) is 6.04 Å². The zero-order valence-electron chi connectivity index (χ0n) is 9.43. The third-order valence-corrected chi connectivity index (χ3v) is 3.17. The summed E-state index contributed by atoms with van der Waals surface area (Å²) in [6, 6.07) is 2.84. The Hall–Kier alpha value is -1.47. The lowest BCUT2D eigenvalue weighted by atomic mass is 10.0. The first-order valence-electron chi connectivity index (χ1n) is 5.73. The second kappa shape index (κ2) is 5.04. The monoisotopic (exact) mass is 216 g/mol. The fraction of sp³-hybridized carbons (Fsp3) is 0.583. The maximum Gasteiger partial charge on any atom is 0.0753 e. The smallest absolute Gasteiger partial charge is 0.0753 e. The van der Waals surface area contributed by atoms with Crippen LogP contribution in [0.4, 0.5) is 0 Å². The fourth-order valence-corrected chi connectivity index (χ4v) is 2.25. The van der Waals surface area contributed by atoms with Gasteiger partial charge in [-0.25, -0.2) is 0 Å². The average molecular weight is 216 g/mol. The van der Waals surface area contributed by atoms with Gasteiger partial charge in [0.2, 0.25) is 0 Å². The van der Waals surface area contributed by atoms with Crippen LogP contribution in [0.15, 0.2) is 18.6 Å². The van der Waals surface area contributed by atoms with Crippen molar-refractivity contribution in [3.63, 3.8) is 0 Å². The molecule has 0 bridgehead atoms. The Morgan fingerprint density at radius 1 is 1.50 bits per heavy atom. The largest absolute Gasteiger partial charge is 0.305 e. The predicted molar refractivity (Wildman–Crippen MR) is 60.3 cm³/mol. The van der Waals surface area contributed by atoms with Crippen molar-refractivity contribution in [1.29, 1.82) is 5.26 Å². The summed E-state index contributed by atoms with van der Waals surface area (Å²) >= 11 is 0. The van der Waals surface area contributed by atoms with Gasteiger partial charge in [0.1, 0.15) is 0 Å². The third-order valence-electron chi connectivity index (χ3n) is 3.17. The fourth-order valence-electron chi connectivity index (χ4n) is 2.25. The topological polar surface area (TPSA) is 61.6 Å². The Bertz CT molecular complexity index is 370. The van der Waals surface area contributed by atoms with Gasteiger partial charge >= 0.3 is 0 Å². The molecule has 1 saturated carbocycles. The van der Waals surface area contributed by atoms with E-state index in [9.17, 15) is 0 Å². The number of hydrogen-bond donors (Lipinski definition) is 1. The first kappa shape index (κ1) is 11.0. The highest BCUT2D eigenvalue weighted by molar-refractivity contribution is 5.04. The third kappa shape index (κ3) is 2.37. The van der Waals surface area contributed by atoms with Crippen LogP contribution in [0.5, 0.6) is 0 Å². The number of hydrogen-bond acceptors (Lipinski definition) is 4. The number of nitrogens with zero attached hydrogens (tertiary/aromatic N) is 3. The molecule has 4 heteroatoms. The highest BCUT2D eigenvalue weighted by atomic mass is 15.0. The Kier molecular flexibility index (Phi) is 3.47. The molecule has 1 aliphatic rings. The minimum absolute atomic E-state index is 0.152. The van der Waals surface area contributed by atoms with Crippen LogP contribution < -0.4 is 5.32 Å². The Morgan fingerprint density at radius 3 is 3.06 bits per heavy atom. The number of nitrogens with one attached hydrogen (secondary N) is 1. The zero-order valence-corrected chi connectivity index (χ0v) is 9.43. The average Bonchev–Trinajstić information content (AvgIpc) is 2.77. The predicted octanol–water partition coefficient (Wildman–Crippen LogP) is 1.82. The van der Waals surface area contributed by atoms with E-state index in [1.165, 1.54) is 0 Å². The number of rotatable bonds is 3. The van der Waals surface area contributed by atoms with Crippen LogP contribution in [-0.2, 0) is 0 Å². The molecule has 3 unspecified atom stereocenters. The molecule has 1 fully saturated rings. The lowest BCUT2D eigenvalue weighted by Crippen LogP contribution is -2.34. The molecular weight excluding hydrogens is 200 g/mol. The van der Waals surface area contributed by atoms with Crippen molar-refractivity contribution in [2.24, 2.45) is 5.92 Å². The lowest BCUT2D eigenvalue weighted by Gasteiger charge is -2.20. The highest BCUT2D eigenvalue weighted by Crippen LogP contribution is 2.26. The Labute approximate surface area is 95.7 Å². The van der Waals surface area contributed by atoms with Gasteiger partial charge in [-0.15, -0.1) is 0 Å². The molecule has 4 nitrogen and oxygen atoms in total. The normalized spacial score (nSPS) is 26.2. The second-order valence-electron chi connectivity index (χ2n) is 4.29. The maximum atomic E-state index is 9.00. The summed E-state index contributed by atoms with van der Waals surface area (Å²) in [6.45, 7) is 2.07. The van der Waals surface area contributed by atoms with Crippen molar-refractivity contribution >= 4 is 0 Å². The van der Waals surface area contributed by atoms with Gasteiger partial charge in [-0.1, -0.05) is 6.42 Å². The Morgan fingerprint density at radius 2 is 2.38 bits per heavy atom. The minimum atomic E-state index is 0.152. The molecule has 1 aromatic rings. The van der Waals surface area contributed by atoms with Crippen molar-refractivity contribution in [3.8, 4) is 6.07 Å². The van der Waals surface area contributed by atoms with Gasteiger partial charge in [-0.05, 0) is 19.8 Å². The van der Waals surface area contributed by atoms with Crippen LogP contribution in [0, 0.1) is 17.2 Å². The molecule has 1 N–H and O–H groups in total. The van der Waals surface area contributed by atoms with Gasteiger partial charge in [-0.3, -0.25) is 9.97 Å². The summed E-state index contributed by atoms with van der Waals surface area (Å²) in [6.07, 6.45) is 8.38. The first-order valence-corrected chi connectivity index (χ1v) is 5.73. The molecule has 16 heavy (non-hydrogen) atoms. The van der Waals surface area contributed by atoms with E-state index in [2.05, 4.69) is 28.3 Å². The molecule has 0 spiro atoms. The zero-order chi connectivity index (χ0) is 11.4. The van der Waals surface area contributed by atoms with E-state index < -0.39 is 0 Å². The molecule has 2 rings (SSSR count). The summed E-state index contributed by atoms with van der Waals surface area (Å²) in [5, 5.41) is 12.5. The quantitative estimate of drug-likeness (QED) is 0.837. The van der Waals surface area contributed by atoms with E-state index in [4.69, 9.17) is 5.26 Å². The Balaban J connectivity index is 1.98. The number of aromatic nitrogens is 2. The minimum Gasteiger partial charge on any atom is -0.305 e. The van der Waals surface area contributed by atoms with Crippen molar-refractivity contribution < 1.29 is 0 Å². The van der Waals surface area contributed by atoms with Gasteiger partial charge in [0.05, 0.1) is 17.7 Å². The van der Waals surface area contributed by atoms with Gasteiger partial charge in [-0.2, -0.15) is 5.26 Å². The first-order chi connectivity index (χ1) is 7.81. The number of nitriles is 1. The van der Waals surface area contributed by atoms with Crippen LogP contribution in [0.1, 0.15) is 37.9 Å². The summed E-state index contributed by atoms with van der Waals surface area (Å²) in [4.78, 5) is 8.32. The summed E-state index contributed by atoms with van der Waals surface area (Å²) in [5.41, 5.74) is 0.936. The molecule has 0 radical (unpaired) electrons. The van der Waals surface area contributed by atoms with Crippen LogP contribution >= 0.6 is 0 Å². The van der Waals surface area contributed by atoms with Crippen LogP contribution in [-0.4, -0.2) is 16.0 Å². The molecule has 3 atom stereocenters. The lowest BCUT2D eigenvalue weighted by molar-refractivity contribution is 0.412. The molecular formula is C12H16N4. The molecule has 84 valence electrons. The van der Waals surface area contributed by atoms with Crippen LogP contribution in [0.2, 0.25) is 0 Å². The van der Waals surface area contributed by atoms with Crippen molar-refractivity contribution in [2.45, 2.75) is 38.3 Å². The van der Waals surface area contributed by atoms with E-state index in [1.54, 1.807) is 18.6 Å². The molecule has 1 heterocycles. The van der Waals surface area contributed by atoms with E-state index in [0.717, 1.165) is 25.0 Å². The van der Waals surface area contributed by atoms with Crippen LogP contribution in [0.3, 0.4) is 0 Å². The molecule has 1 aromatic heterocycles. The van der Waals surface area contributed by atoms with Crippen molar-refractivity contribution in [2.75, 3.05) is 0 Å². The van der Waals surface area contributed by atoms with E-state index in [-0.39, 0.29) is 12.0 Å². The molecule has 0 saturated heterocycles. The standard InChI is InChI=1S/C12H16N4/c1-9(12-8-14-5-6-15-12)16-11-4-2-3-10(11)7-13/h5-6,8-11,16H,2-4H2,1H3. The van der Waals surface area contributed by atoms with Crippen molar-refractivity contribution in [3.05, 3.63) is 24.3 Å². The molecule has 0 aromatic carbocycles. The van der Waals surface area contributed by atoms with E-state index >= 15 is 0 Å². The SMILES string of the molecule is CC(NC1CCCC1C#N)c1cnccn1. The maximum absolute atomic E-state index is 9.00. The summed E-state index contributed by atoms with van der Waals surface area (Å²) < 4.78 is 0.